The number of rotatable bonds is 5. The first kappa shape index (κ1) is 23.1. The van der Waals surface area contributed by atoms with E-state index in [-0.39, 0.29) is 5.91 Å². The van der Waals surface area contributed by atoms with Crippen LogP contribution in [0, 0.1) is 6.92 Å². The van der Waals surface area contributed by atoms with Crippen LogP contribution in [0.1, 0.15) is 15.9 Å². The lowest BCUT2D eigenvalue weighted by Crippen LogP contribution is -2.50. The third kappa shape index (κ3) is 6.43. The standard InChI is InChI=1S/C22H24Cl2N4O3/c1-15-2-7-18(14-19(15)24)26-21(30)20(29)25-8-9-27-10-12-28(13-11-27)22(31)16-3-5-17(23)6-4-16/h2-7,14H,8-13H2,1H3,(H,25,29)(H,26,30). The summed E-state index contributed by atoms with van der Waals surface area (Å²) >= 11 is 11.9. The molecule has 3 rings (SSSR count). The maximum atomic E-state index is 12.5. The molecule has 1 aliphatic rings. The highest BCUT2D eigenvalue weighted by Gasteiger charge is 2.22. The van der Waals surface area contributed by atoms with Gasteiger partial charge in [0.1, 0.15) is 0 Å². The SMILES string of the molecule is Cc1ccc(NC(=O)C(=O)NCCN2CCN(C(=O)c3ccc(Cl)cc3)CC2)cc1Cl. The summed E-state index contributed by atoms with van der Waals surface area (Å²) in [5.41, 5.74) is 1.97. The van der Waals surface area contributed by atoms with Crippen molar-refractivity contribution in [1.29, 1.82) is 0 Å². The monoisotopic (exact) mass is 462 g/mol. The van der Waals surface area contributed by atoms with Gasteiger partial charge in [-0.2, -0.15) is 0 Å². The average molecular weight is 463 g/mol. The van der Waals surface area contributed by atoms with E-state index < -0.39 is 11.8 Å². The van der Waals surface area contributed by atoms with E-state index in [9.17, 15) is 14.4 Å². The number of hydrogen-bond acceptors (Lipinski definition) is 4. The number of carbonyl (C=O) groups excluding carboxylic acids is 3. The average Bonchev–Trinajstić information content (AvgIpc) is 2.76. The van der Waals surface area contributed by atoms with Crippen LogP contribution in [0.4, 0.5) is 5.69 Å². The minimum Gasteiger partial charge on any atom is -0.347 e. The third-order valence-electron chi connectivity index (χ3n) is 5.10. The Morgan fingerprint density at radius 2 is 1.61 bits per heavy atom. The molecular weight excluding hydrogens is 439 g/mol. The lowest BCUT2D eigenvalue weighted by atomic mass is 10.2. The fourth-order valence-electron chi connectivity index (χ4n) is 3.22. The van der Waals surface area contributed by atoms with Crippen LogP contribution in [0.15, 0.2) is 42.5 Å². The van der Waals surface area contributed by atoms with E-state index in [4.69, 9.17) is 23.2 Å². The van der Waals surface area contributed by atoms with Gasteiger partial charge in [-0.3, -0.25) is 19.3 Å². The molecule has 1 saturated heterocycles. The van der Waals surface area contributed by atoms with Crippen molar-refractivity contribution in [3.8, 4) is 0 Å². The van der Waals surface area contributed by atoms with Gasteiger partial charge in [0.05, 0.1) is 0 Å². The minimum absolute atomic E-state index is 0.0162. The molecule has 1 aliphatic heterocycles. The maximum Gasteiger partial charge on any atom is 0.313 e. The predicted molar refractivity (Wildman–Crippen MR) is 122 cm³/mol. The quantitative estimate of drug-likeness (QED) is 0.669. The Labute approximate surface area is 191 Å². The first-order valence-electron chi connectivity index (χ1n) is 9.96. The van der Waals surface area contributed by atoms with Crippen molar-refractivity contribution in [3.63, 3.8) is 0 Å². The van der Waals surface area contributed by atoms with Gasteiger partial charge < -0.3 is 15.5 Å². The van der Waals surface area contributed by atoms with Crippen molar-refractivity contribution >= 4 is 46.6 Å². The van der Waals surface area contributed by atoms with Gasteiger partial charge in [0.25, 0.3) is 5.91 Å². The normalized spacial score (nSPS) is 14.2. The van der Waals surface area contributed by atoms with Gasteiger partial charge in [0.2, 0.25) is 0 Å². The molecule has 2 aromatic carbocycles. The second-order valence-corrected chi connectivity index (χ2v) is 8.16. The highest BCUT2D eigenvalue weighted by Crippen LogP contribution is 2.19. The molecule has 2 N–H and O–H groups in total. The number of benzene rings is 2. The molecule has 31 heavy (non-hydrogen) atoms. The van der Waals surface area contributed by atoms with Gasteiger partial charge in [-0.1, -0.05) is 29.3 Å². The molecule has 0 unspecified atom stereocenters. The number of carbonyl (C=O) groups is 3. The van der Waals surface area contributed by atoms with E-state index in [1.807, 2.05) is 6.92 Å². The van der Waals surface area contributed by atoms with Crippen LogP contribution < -0.4 is 10.6 Å². The van der Waals surface area contributed by atoms with E-state index in [1.54, 1.807) is 47.4 Å². The lowest BCUT2D eigenvalue weighted by molar-refractivity contribution is -0.136. The number of anilines is 1. The van der Waals surface area contributed by atoms with Crippen molar-refractivity contribution in [2.45, 2.75) is 6.92 Å². The molecule has 0 saturated carbocycles. The van der Waals surface area contributed by atoms with Crippen molar-refractivity contribution in [3.05, 3.63) is 63.6 Å². The van der Waals surface area contributed by atoms with Crippen LogP contribution in [-0.4, -0.2) is 66.8 Å². The maximum absolute atomic E-state index is 12.5. The summed E-state index contributed by atoms with van der Waals surface area (Å²) in [6.45, 7) is 5.39. The van der Waals surface area contributed by atoms with Gasteiger partial charge in [0.15, 0.2) is 0 Å². The smallest absolute Gasteiger partial charge is 0.313 e. The van der Waals surface area contributed by atoms with E-state index in [0.717, 1.165) is 5.56 Å². The number of aryl methyl sites for hydroxylation is 1. The number of amides is 3. The first-order valence-corrected chi connectivity index (χ1v) is 10.7. The number of halogens is 2. The highest BCUT2D eigenvalue weighted by molar-refractivity contribution is 6.40. The molecular formula is C22H24Cl2N4O3. The molecule has 7 nitrogen and oxygen atoms in total. The second-order valence-electron chi connectivity index (χ2n) is 7.31. The summed E-state index contributed by atoms with van der Waals surface area (Å²) in [4.78, 5) is 40.5. The van der Waals surface area contributed by atoms with E-state index in [0.29, 0.717) is 60.6 Å². The van der Waals surface area contributed by atoms with Gasteiger partial charge in [-0.05, 0) is 48.9 Å². The summed E-state index contributed by atoms with van der Waals surface area (Å²) in [6.07, 6.45) is 0. The van der Waals surface area contributed by atoms with E-state index in [2.05, 4.69) is 15.5 Å². The number of nitrogens with one attached hydrogen (secondary N) is 2. The van der Waals surface area contributed by atoms with Gasteiger partial charge in [-0.25, -0.2) is 0 Å². The van der Waals surface area contributed by atoms with E-state index in [1.165, 1.54) is 0 Å². The van der Waals surface area contributed by atoms with Crippen LogP contribution in [-0.2, 0) is 9.59 Å². The molecule has 0 bridgehead atoms. The molecule has 0 aliphatic carbocycles. The van der Waals surface area contributed by atoms with Crippen molar-refractivity contribution in [2.75, 3.05) is 44.6 Å². The molecule has 164 valence electrons. The molecule has 0 radical (unpaired) electrons. The first-order chi connectivity index (χ1) is 14.8. The molecule has 2 aromatic rings. The molecule has 9 heteroatoms. The zero-order chi connectivity index (χ0) is 22.4. The van der Waals surface area contributed by atoms with Crippen LogP contribution in [0.5, 0.6) is 0 Å². The molecule has 0 spiro atoms. The lowest BCUT2D eigenvalue weighted by Gasteiger charge is -2.34. The summed E-state index contributed by atoms with van der Waals surface area (Å²) in [6, 6.07) is 11.9. The molecule has 0 aromatic heterocycles. The molecule has 1 heterocycles. The van der Waals surface area contributed by atoms with E-state index >= 15 is 0 Å². The number of nitrogens with zero attached hydrogens (tertiary/aromatic N) is 2. The van der Waals surface area contributed by atoms with Gasteiger partial charge >= 0.3 is 11.8 Å². The van der Waals surface area contributed by atoms with Crippen LogP contribution in [0.3, 0.4) is 0 Å². The molecule has 1 fully saturated rings. The van der Waals surface area contributed by atoms with Gasteiger partial charge in [-0.15, -0.1) is 0 Å². The number of hydrogen-bond donors (Lipinski definition) is 2. The zero-order valence-corrected chi connectivity index (χ0v) is 18.7. The second kappa shape index (κ2) is 10.6. The Bertz CT molecular complexity index is 958. The van der Waals surface area contributed by atoms with Crippen molar-refractivity contribution in [1.82, 2.24) is 15.1 Å². The van der Waals surface area contributed by atoms with Gasteiger partial charge in [0, 0.05) is 60.6 Å². The fourth-order valence-corrected chi connectivity index (χ4v) is 3.52. The summed E-state index contributed by atoms with van der Waals surface area (Å²) in [5, 5.41) is 6.27. The van der Waals surface area contributed by atoms with Crippen LogP contribution in [0.2, 0.25) is 10.0 Å². The van der Waals surface area contributed by atoms with Crippen LogP contribution in [0.25, 0.3) is 0 Å². The minimum atomic E-state index is -0.738. The number of piperazine rings is 1. The van der Waals surface area contributed by atoms with Crippen molar-refractivity contribution in [2.24, 2.45) is 0 Å². The fraction of sp³-hybridized carbons (Fsp3) is 0.318. The predicted octanol–water partition coefficient (Wildman–Crippen LogP) is 2.81. The summed E-state index contributed by atoms with van der Waals surface area (Å²) < 4.78 is 0. The highest BCUT2D eigenvalue weighted by atomic mass is 35.5. The van der Waals surface area contributed by atoms with Crippen molar-refractivity contribution < 1.29 is 14.4 Å². The summed E-state index contributed by atoms with van der Waals surface area (Å²) in [5.74, 6) is -1.45. The Morgan fingerprint density at radius 3 is 2.26 bits per heavy atom. The Balaban J connectivity index is 1.38. The Kier molecular flexibility index (Phi) is 7.90. The molecule has 0 atom stereocenters. The zero-order valence-electron chi connectivity index (χ0n) is 17.2. The topological polar surface area (TPSA) is 81.8 Å². The van der Waals surface area contributed by atoms with Crippen LogP contribution >= 0.6 is 23.2 Å². The molecule has 3 amide bonds. The Hall–Kier alpha value is -2.61. The largest absolute Gasteiger partial charge is 0.347 e. The summed E-state index contributed by atoms with van der Waals surface area (Å²) in [7, 11) is 0. The Morgan fingerprint density at radius 1 is 0.935 bits per heavy atom. The third-order valence-corrected chi connectivity index (χ3v) is 5.76.